The molecule has 0 aliphatic carbocycles. The van der Waals surface area contributed by atoms with Crippen molar-refractivity contribution in [1.82, 2.24) is 20.3 Å². The van der Waals surface area contributed by atoms with Crippen molar-refractivity contribution in [3.8, 4) is 17.2 Å². The van der Waals surface area contributed by atoms with Crippen LogP contribution in [0.15, 0.2) is 36.4 Å². The van der Waals surface area contributed by atoms with E-state index in [9.17, 15) is 4.79 Å². The van der Waals surface area contributed by atoms with Gasteiger partial charge in [-0.25, -0.2) is 0 Å². The highest BCUT2D eigenvalue weighted by molar-refractivity contribution is 6.30. The van der Waals surface area contributed by atoms with Gasteiger partial charge < -0.3 is 20.5 Å². The Balaban J connectivity index is 1.51. The number of rotatable bonds is 4. The van der Waals surface area contributed by atoms with Crippen LogP contribution in [-0.4, -0.2) is 27.7 Å². The molecular weight excluding hydrogens is 370 g/mol. The maximum Gasteiger partial charge on any atom is 0.275 e. The SMILES string of the molecule is Cc1ccc(Cl)cc1-n1nnc(C(=O)NCc2ccc3c(c2)OCO3)c1N. The van der Waals surface area contributed by atoms with Gasteiger partial charge in [0.25, 0.3) is 5.91 Å². The van der Waals surface area contributed by atoms with Gasteiger partial charge in [-0.15, -0.1) is 5.10 Å². The highest BCUT2D eigenvalue weighted by Gasteiger charge is 2.20. The lowest BCUT2D eigenvalue weighted by molar-refractivity contribution is 0.0946. The number of aryl methyl sites for hydroxylation is 1. The zero-order valence-electron chi connectivity index (χ0n) is 14.4. The lowest BCUT2D eigenvalue weighted by Crippen LogP contribution is -2.24. The molecule has 3 N–H and O–H groups in total. The molecule has 4 rings (SSSR count). The van der Waals surface area contributed by atoms with Gasteiger partial charge in [0, 0.05) is 11.6 Å². The summed E-state index contributed by atoms with van der Waals surface area (Å²) in [5.74, 6) is 1.07. The third-order valence-corrected chi connectivity index (χ3v) is 4.44. The zero-order valence-corrected chi connectivity index (χ0v) is 15.2. The molecule has 1 amide bonds. The van der Waals surface area contributed by atoms with E-state index in [1.54, 1.807) is 18.2 Å². The van der Waals surface area contributed by atoms with Crippen LogP contribution in [-0.2, 0) is 6.54 Å². The molecule has 0 fully saturated rings. The Morgan fingerprint density at radius 2 is 2.07 bits per heavy atom. The largest absolute Gasteiger partial charge is 0.454 e. The van der Waals surface area contributed by atoms with E-state index < -0.39 is 5.91 Å². The van der Waals surface area contributed by atoms with Gasteiger partial charge in [0.1, 0.15) is 0 Å². The molecule has 0 saturated heterocycles. The third-order valence-electron chi connectivity index (χ3n) is 4.21. The number of halogens is 1. The number of hydrogen-bond acceptors (Lipinski definition) is 6. The second-order valence-corrected chi connectivity index (χ2v) is 6.47. The molecule has 0 radical (unpaired) electrons. The topological polar surface area (TPSA) is 104 Å². The molecule has 0 bridgehead atoms. The van der Waals surface area contributed by atoms with E-state index >= 15 is 0 Å². The van der Waals surface area contributed by atoms with Gasteiger partial charge in [-0.05, 0) is 42.3 Å². The van der Waals surface area contributed by atoms with Crippen molar-refractivity contribution in [2.45, 2.75) is 13.5 Å². The van der Waals surface area contributed by atoms with E-state index in [2.05, 4.69) is 15.6 Å². The summed E-state index contributed by atoms with van der Waals surface area (Å²) in [6.45, 7) is 2.39. The van der Waals surface area contributed by atoms with Crippen LogP contribution in [0, 0.1) is 6.92 Å². The maximum absolute atomic E-state index is 12.5. The summed E-state index contributed by atoms with van der Waals surface area (Å²) in [4.78, 5) is 12.5. The molecule has 1 aliphatic rings. The predicted octanol–water partition coefficient (Wildman–Crippen LogP) is 2.47. The van der Waals surface area contributed by atoms with Crippen molar-refractivity contribution in [2.75, 3.05) is 12.5 Å². The van der Waals surface area contributed by atoms with Crippen LogP contribution < -0.4 is 20.5 Å². The average Bonchev–Trinajstić information content (AvgIpc) is 3.27. The number of carbonyl (C=O) groups is 1. The van der Waals surface area contributed by atoms with E-state index in [0.717, 1.165) is 11.1 Å². The average molecular weight is 386 g/mol. The second kappa shape index (κ2) is 6.81. The first-order chi connectivity index (χ1) is 13.0. The van der Waals surface area contributed by atoms with E-state index in [1.165, 1.54) is 4.68 Å². The molecule has 2 aromatic carbocycles. The number of nitrogens with zero attached hydrogens (tertiary/aromatic N) is 3. The predicted molar refractivity (Wildman–Crippen MR) is 99.3 cm³/mol. The zero-order chi connectivity index (χ0) is 19.0. The van der Waals surface area contributed by atoms with Gasteiger partial charge in [-0.1, -0.05) is 28.9 Å². The van der Waals surface area contributed by atoms with Crippen molar-refractivity contribution in [3.63, 3.8) is 0 Å². The third kappa shape index (κ3) is 3.26. The molecule has 8 nitrogen and oxygen atoms in total. The number of benzene rings is 2. The van der Waals surface area contributed by atoms with Crippen molar-refractivity contribution >= 4 is 23.3 Å². The van der Waals surface area contributed by atoms with Crippen LogP contribution in [0.5, 0.6) is 11.5 Å². The molecule has 138 valence electrons. The van der Waals surface area contributed by atoms with E-state index in [1.807, 2.05) is 25.1 Å². The Morgan fingerprint density at radius 3 is 2.93 bits per heavy atom. The molecule has 1 aliphatic heterocycles. The Bertz CT molecular complexity index is 1030. The van der Waals surface area contributed by atoms with Gasteiger partial charge >= 0.3 is 0 Å². The van der Waals surface area contributed by atoms with Crippen molar-refractivity contribution in [3.05, 3.63) is 58.2 Å². The number of ether oxygens (including phenoxy) is 2. The minimum Gasteiger partial charge on any atom is -0.454 e. The van der Waals surface area contributed by atoms with Gasteiger partial charge in [0.2, 0.25) is 6.79 Å². The van der Waals surface area contributed by atoms with Crippen molar-refractivity contribution in [2.24, 2.45) is 0 Å². The molecule has 2 heterocycles. The fourth-order valence-corrected chi connectivity index (χ4v) is 2.92. The van der Waals surface area contributed by atoms with Crippen molar-refractivity contribution in [1.29, 1.82) is 0 Å². The molecule has 3 aromatic rings. The molecule has 1 aromatic heterocycles. The lowest BCUT2D eigenvalue weighted by Gasteiger charge is -2.08. The summed E-state index contributed by atoms with van der Waals surface area (Å²) in [7, 11) is 0. The Morgan fingerprint density at radius 1 is 1.26 bits per heavy atom. The van der Waals surface area contributed by atoms with E-state index in [0.29, 0.717) is 22.2 Å². The first-order valence-corrected chi connectivity index (χ1v) is 8.55. The molecule has 27 heavy (non-hydrogen) atoms. The van der Waals surface area contributed by atoms with Crippen LogP contribution in [0.3, 0.4) is 0 Å². The number of amides is 1. The first kappa shape index (κ1) is 17.2. The summed E-state index contributed by atoms with van der Waals surface area (Å²) in [5, 5.41) is 11.2. The van der Waals surface area contributed by atoms with Crippen LogP contribution in [0.25, 0.3) is 5.69 Å². The van der Waals surface area contributed by atoms with Gasteiger partial charge in [0.15, 0.2) is 23.0 Å². The van der Waals surface area contributed by atoms with Crippen molar-refractivity contribution < 1.29 is 14.3 Å². The number of carbonyl (C=O) groups excluding carboxylic acids is 1. The number of nitrogens with one attached hydrogen (secondary N) is 1. The molecule has 0 saturated carbocycles. The smallest absolute Gasteiger partial charge is 0.275 e. The van der Waals surface area contributed by atoms with Crippen LogP contribution in [0.4, 0.5) is 5.82 Å². The van der Waals surface area contributed by atoms with Crippen LogP contribution >= 0.6 is 11.6 Å². The minimum atomic E-state index is -0.420. The van der Waals surface area contributed by atoms with E-state index in [-0.39, 0.29) is 24.8 Å². The lowest BCUT2D eigenvalue weighted by atomic mass is 10.2. The number of hydrogen-bond donors (Lipinski definition) is 2. The fraction of sp³-hybridized carbons (Fsp3) is 0.167. The molecule has 9 heteroatoms. The molecule has 0 unspecified atom stereocenters. The van der Waals surface area contributed by atoms with Crippen LogP contribution in [0.2, 0.25) is 5.02 Å². The monoisotopic (exact) mass is 385 g/mol. The van der Waals surface area contributed by atoms with Crippen LogP contribution in [0.1, 0.15) is 21.6 Å². The fourth-order valence-electron chi connectivity index (χ4n) is 2.76. The summed E-state index contributed by atoms with van der Waals surface area (Å²) < 4.78 is 12.0. The number of nitrogen functional groups attached to an aromatic ring is 1. The summed E-state index contributed by atoms with van der Waals surface area (Å²) in [5.41, 5.74) is 8.59. The van der Waals surface area contributed by atoms with Gasteiger partial charge in [0.05, 0.1) is 5.69 Å². The maximum atomic E-state index is 12.5. The molecule has 0 atom stereocenters. The number of nitrogens with two attached hydrogens (primary N) is 1. The second-order valence-electron chi connectivity index (χ2n) is 6.04. The molecule has 0 spiro atoms. The quantitative estimate of drug-likeness (QED) is 0.714. The Labute approximate surface area is 159 Å². The first-order valence-electron chi connectivity index (χ1n) is 8.17. The van der Waals surface area contributed by atoms with Gasteiger partial charge in [-0.2, -0.15) is 4.68 Å². The summed E-state index contributed by atoms with van der Waals surface area (Å²) in [6, 6.07) is 10.8. The Hall–Kier alpha value is -3.26. The standard InChI is InChI=1S/C18H16ClN5O3/c1-10-2-4-12(19)7-13(10)24-17(20)16(22-23-24)18(25)21-8-11-3-5-14-15(6-11)27-9-26-14/h2-7H,8-9,20H2,1H3,(H,21,25). The number of anilines is 1. The molecular formula is C18H16ClN5O3. The number of fused-ring (bicyclic) bond motifs is 1. The Kier molecular flexibility index (Phi) is 4.33. The van der Waals surface area contributed by atoms with Gasteiger partial charge in [-0.3, -0.25) is 4.79 Å². The highest BCUT2D eigenvalue weighted by atomic mass is 35.5. The van der Waals surface area contributed by atoms with E-state index in [4.69, 9.17) is 26.8 Å². The normalized spacial score (nSPS) is 12.2. The number of aromatic nitrogens is 3. The minimum absolute atomic E-state index is 0.0510. The highest BCUT2D eigenvalue weighted by Crippen LogP contribution is 2.32. The summed E-state index contributed by atoms with van der Waals surface area (Å²) in [6.07, 6.45) is 0. The summed E-state index contributed by atoms with van der Waals surface area (Å²) >= 11 is 6.05.